The summed E-state index contributed by atoms with van der Waals surface area (Å²) in [6.45, 7) is 19.0. The van der Waals surface area contributed by atoms with Crippen LogP contribution < -0.4 is 0 Å². The molecule has 0 N–H and O–H groups in total. The van der Waals surface area contributed by atoms with Gasteiger partial charge in [0.05, 0.1) is 17.9 Å². The molecular weight excluding hydrogens is 354 g/mol. The molecule has 3 rings (SSSR count). The van der Waals surface area contributed by atoms with Crippen LogP contribution in [0.2, 0.25) is 18.1 Å². The van der Waals surface area contributed by atoms with Gasteiger partial charge in [0.15, 0.2) is 8.32 Å². The van der Waals surface area contributed by atoms with E-state index >= 15 is 0 Å². The maximum atomic E-state index is 12.9. The fourth-order valence-electron chi connectivity index (χ4n) is 4.68. The molecule has 0 aromatic carbocycles. The summed E-state index contributed by atoms with van der Waals surface area (Å²) in [4.78, 5) is 15.0. The van der Waals surface area contributed by atoms with E-state index in [1.807, 2.05) is 6.08 Å². The van der Waals surface area contributed by atoms with Crippen molar-refractivity contribution in [3.8, 4) is 0 Å². The van der Waals surface area contributed by atoms with Gasteiger partial charge in [-0.1, -0.05) is 40.3 Å². The molecule has 0 aromatic rings. The summed E-state index contributed by atoms with van der Waals surface area (Å²) in [7, 11) is -1.92. The largest absolute Gasteiger partial charge is 0.494 e. The third kappa shape index (κ3) is 3.77. The van der Waals surface area contributed by atoms with Crippen molar-refractivity contribution in [1.29, 1.82) is 0 Å². The number of piperidine rings is 1. The van der Waals surface area contributed by atoms with Gasteiger partial charge in [0.2, 0.25) is 5.91 Å². The molecule has 0 aromatic heterocycles. The molecule has 1 aliphatic carbocycles. The van der Waals surface area contributed by atoms with Crippen LogP contribution in [-0.2, 0) is 14.0 Å². The van der Waals surface area contributed by atoms with Gasteiger partial charge in [-0.2, -0.15) is 0 Å². The van der Waals surface area contributed by atoms with Crippen LogP contribution in [0.5, 0.6) is 0 Å². The van der Waals surface area contributed by atoms with E-state index in [1.165, 1.54) is 5.57 Å². The van der Waals surface area contributed by atoms with Gasteiger partial charge in [0.1, 0.15) is 6.61 Å². The number of fused-ring (bicyclic) bond motifs is 3. The van der Waals surface area contributed by atoms with E-state index in [1.54, 1.807) is 0 Å². The number of ether oxygens (including phenoxy) is 1. The van der Waals surface area contributed by atoms with Crippen molar-refractivity contribution in [2.45, 2.75) is 83.7 Å². The quantitative estimate of drug-likeness (QED) is 0.495. The van der Waals surface area contributed by atoms with Crippen molar-refractivity contribution in [3.05, 3.63) is 24.0 Å². The number of hydrogen-bond donors (Lipinski definition) is 0. The third-order valence-corrected chi connectivity index (χ3v) is 11.6. The van der Waals surface area contributed by atoms with Crippen LogP contribution in [0.15, 0.2) is 24.0 Å². The Morgan fingerprint density at radius 2 is 2.00 bits per heavy atom. The Balaban J connectivity index is 1.98. The van der Waals surface area contributed by atoms with Gasteiger partial charge >= 0.3 is 0 Å². The molecule has 0 unspecified atom stereocenters. The summed E-state index contributed by atoms with van der Waals surface area (Å²) >= 11 is 0. The third-order valence-electron chi connectivity index (χ3n) is 7.13. The highest BCUT2D eigenvalue weighted by atomic mass is 28.4. The van der Waals surface area contributed by atoms with E-state index in [4.69, 9.17) is 9.16 Å². The summed E-state index contributed by atoms with van der Waals surface area (Å²) in [5.74, 6) is 1.92. The van der Waals surface area contributed by atoms with Gasteiger partial charge in [-0.25, -0.2) is 0 Å². The van der Waals surface area contributed by atoms with Crippen LogP contribution >= 0.6 is 0 Å². The van der Waals surface area contributed by atoms with Crippen LogP contribution in [0.1, 0.15) is 53.4 Å². The normalized spacial score (nSPS) is 31.6. The Morgan fingerprint density at radius 1 is 1.30 bits per heavy atom. The zero-order valence-corrected chi connectivity index (χ0v) is 19.0. The highest BCUT2D eigenvalue weighted by molar-refractivity contribution is 6.74. The molecule has 5 heteroatoms. The number of carbonyl (C=O) groups is 1. The number of allylic oxidation sites excluding steroid dienone is 1. The first-order valence-electron chi connectivity index (χ1n) is 10.5. The molecule has 2 aliphatic heterocycles. The van der Waals surface area contributed by atoms with Gasteiger partial charge in [0.25, 0.3) is 0 Å². The number of rotatable bonds is 5. The maximum Gasteiger partial charge on any atom is 0.223 e. The topological polar surface area (TPSA) is 38.8 Å². The van der Waals surface area contributed by atoms with Crippen molar-refractivity contribution in [2.75, 3.05) is 13.2 Å². The lowest BCUT2D eigenvalue weighted by molar-refractivity contribution is -0.136. The minimum atomic E-state index is -1.92. The Kier molecular flexibility index (Phi) is 5.66. The van der Waals surface area contributed by atoms with Crippen LogP contribution in [0.25, 0.3) is 0 Å². The standard InChI is InChI=1S/C22H37NO3Si/c1-8-12-25-18-13-15(2)21(26-27(6,7)22(3,4)5)16-14-19(24)23-11-9-10-17(23)20(16)18/h8,15-17,21H,1,9-14H2,2-7H3/t15-,16-,17+,21-/m0/s1. The molecule has 27 heavy (non-hydrogen) atoms. The molecule has 1 amide bonds. The van der Waals surface area contributed by atoms with Crippen molar-refractivity contribution in [1.82, 2.24) is 4.90 Å². The molecular formula is C22H37NO3Si. The van der Waals surface area contributed by atoms with Crippen LogP contribution in [-0.4, -0.2) is 44.4 Å². The highest BCUT2D eigenvalue weighted by Gasteiger charge is 2.51. The van der Waals surface area contributed by atoms with E-state index in [0.29, 0.717) is 24.9 Å². The average Bonchev–Trinajstić information content (AvgIpc) is 3.05. The van der Waals surface area contributed by atoms with Gasteiger partial charge in [-0.15, -0.1) is 0 Å². The fraction of sp³-hybridized carbons (Fsp3) is 0.773. The van der Waals surface area contributed by atoms with Gasteiger partial charge < -0.3 is 14.1 Å². The van der Waals surface area contributed by atoms with Crippen LogP contribution in [0.4, 0.5) is 0 Å². The van der Waals surface area contributed by atoms with Crippen LogP contribution in [0, 0.1) is 11.8 Å². The Labute approximate surface area is 166 Å². The van der Waals surface area contributed by atoms with E-state index in [2.05, 4.69) is 52.3 Å². The van der Waals surface area contributed by atoms with Crippen LogP contribution in [0.3, 0.4) is 0 Å². The van der Waals surface area contributed by atoms with E-state index < -0.39 is 8.32 Å². The number of nitrogens with zero attached hydrogens (tertiary/aromatic N) is 1. The lowest BCUT2D eigenvalue weighted by Crippen LogP contribution is -2.55. The zero-order valence-electron chi connectivity index (χ0n) is 18.0. The molecule has 4 nitrogen and oxygen atoms in total. The monoisotopic (exact) mass is 391 g/mol. The molecule has 0 saturated carbocycles. The zero-order chi connectivity index (χ0) is 20.0. The predicted octanol–water partition coefficient (Wildman–Crippen LogP) is 4.88. The molecule has 0 spiro atoms. The number of amides is 1. The molecule has 3 aliphatic rings. The first kappa shape index (κ1) is 20.7. The minimum Gasteiger partial charge on any atom is -0.494 e. The lowest BCUT2D eigenvalue weighted by atomic mass is 9.71. The maximum absolute atomic E-state index is 12.9. The van der Waals surface area contributed by atoms with Gasteiger partial charge in [0, 0.05) is 25.3 Å². The smallest absolute Gasteiger partial charge is 0.223 e. The van der Waals surface area contributed by atoms with Gasteiger partial charge in [-0.05, 0) is 42.5 Å². The lowest BCUT2D eigenvalue weighted by Gasteiger charge is -2.50. The predicted molar refractivity (Wildman–Crippen MR) is 112 cm³/mol. The summed E-state index contributed by atoms with van der Waals surface area (Å²) in [6, 6.07) is 0.217. The fourth-order valence-corrected chi connectivity index (χ4v) is 6.11. The second kappa shape index (κ2) is 7.40. The molecule has 2 fully saturated rings. The highest BCUT2D eigenvalue weighted by Crippen LogP contribution is 2.49. The van der Waals surface area contributed by atoms with Crippen molar-refractivity contribution in [2.24, 2.45) is 11.8 Å². The minimum absolute atomic E-state index is 0.115. The average molecular weight is 392 g/mol. The summed E-state index contributed by atoms with van der Waals surface area (Å²) in [6.07, 6.45) is 5.54. The Morgan fingerprint density at radius 3 is 2.63 bits per heavy atom. The van der Waals surface area contributed by atoms with Crippen molar-refractivity contribution >= 4 is 14.2 Å². The Hall–Kier alpha value is -1.07. The summed E-state index contributed by atoms with van der Waals surface area (Å²) in [5, 5.41) is 0.161. The van der Waals surface area contributed by atoms with Crippen molar-refractivity contribution < 1.29 is 14.0 Å². The van der Waals surface area contributed by atoms with E-state index in [0.717, 1.165) is 31.6 Å². The molecule has 2 heterocycles. The number of carbonyl (C=O) groups excluding carboxylic acids is 1. The number of hydrogen-bond acceptors (Lipinski definition) is 3. The summed E-state index contributed by atoms with van der Waals surface area (Å²) < 4.78 is 13.1. The molecule has 0 radical (unpaired) electrons. The molecule has 0 bridgehead atoms. The second-order valence-electron chi connectivity index (χ2n) is 10.1. The molecule has 152 valence electrons. The Bertz CT molecular complexity index is 634. The first-order valence-corrected chi connectivity index (χ1v) is 13.4. The van der Waals surface area contributed by atoms with E-state index in [-0.39, 0.29) is 23.1 Å². The second-order valence-corrected chi connectivity index (χ2v) is 14.8. The first-order chi connectivity index (χ1) is 12.6. The van der Waals surface area contributed by atoms with E-state index in [9.17, 15) is 4.79 Å². The van der Waals surface area contributed by atoms with Gasteiger partial charge in [-0.3, -0.25) is 4.79 Å². The molecule has 2 saturated heterocycles. The SMILES string of the molecule is C=CCOC1=C2[C@H]3CCCN3C(=O)C[C@@H]2[C@@H](O[Si](C)(C)C(C)(C)C)[C@@H](C)C1. The summed E-state index contributed by atoms with van der Waals surface area (Å²) in [5.41, 5.74) is 1.36. The molecule has 4 atom stereocenters. The van der Waals surface area contributed by atoms with Crippen molar-refractivity contribution in [3.63, 3.8) is 0 Å².